The van der Waals surface area contributed by atoms with Crippen LogP contribution in [0.1, 0.15) is 19.8 Å². The van der Waals surface area contributed by atoms with Crippen LogP contribution in [0.25, 0.3) is 0 Å². The Morgan fingerprint density at radius 3 is 2.75 bits per heavy atom. The van der Waals surface area contributed by atoms with Crippen LogP contribution in [-0.4, -0.2) is 30.6 Å². The predicted octanol–water partition coefficient (Wildman–Crippen LogP) is 1.07. The summed E-state index contributed by atoms with van der Waals surface area (Å²) in [4.78, 5) is 0. The van der Waals surface area contributed by atoms with Gasteiger partial charge in [0.15, 0.2) is 0 Å². The molecule has 0 aromatic carbocycles. The van der Waals surface area contributed by atoms with E-state index in [4.69, 9.17) is 5.73 Å². The van der Waals surface area contributed by atoms with Crippen LogP contribution in [0.5, 0.6) is 0 Å². The molecule has 0 bridgehead atoms. The van der Waals surface area contributed by atoms with Gasteiger partial charge in [-0.3, -0.25) is 0 Å². The van der Waals surface area contributed by atoms with Gasteiger partial charge in [-0.1, -0.05) is 6.92 Å². The number of rotatable bonds is 4. The third-order valence-electron chi connectivity index (χ3n) is 2.30. The molecule has 0 aromatic rings. The minimum absolute atomic E-state index is 0.685. The predicted molar refractivity (Wildman–Crippen MR) is 56.6 cm³/mol. The zero-order valence-corrected chi connectivity index (χ0v) is 8.70. The van der Waals surface area contributed by atoms with Crippen molar-refractivity contribution in [1.29, 1.82) is 0 Å². The Morgan fingerprint density at radius 1 is 1.50 bits per heavy atom. The van der Waals surface area contributed by atoms with Crippen LogP contribution in [0.2, 0.25) is 0 Å². The normalized spacial score (nSPS) is 22.5. The van der Waals surface area contributed by atoms with Crippen LogP contribution in [0.3, 0.4) is 0 Å². The first-order valence-corrected chi connectivity index (χ1v) is 5.90. The van der Waals surface area contributed by atoms with E-state index in [1.807, 2.05) is 0 Å². The first kappa shape index (κ1) is 10.4. The second kappa shape index (κ2) is 5.84. The molecular formula is C9H20N2S. The molecule has 0 saturated carbocycles. The zero-order chi connectivity index (χ0) is 8.81. The SMILES string of the molecule is CC(CN)CSC1CCNCC1. The van der Waals surface area contributed by atoms with Crippen molar-refractivity contribution in [3.05, 3.63) is 0 Å². The quantitative estimate of drug-likeness (QED) is 0.693. The Balaban J connectivity index is 2.05. The lowest BCUT2D eigenvalue weighted by Crippen LogP contribution is -2.29. The minimum atomic E-state index is 0.685. The molecule has 12 heavy (non-hydrogen) atoms. The number of nitrogens with two attached hydrogens (primary N) is 1. The van der Waals surface area contributed by atoms with Gasteiger partial charge in [0.2, 0.25) is 0 Å². The van der Waals surface area contributed by atoms with E-state index in [2.05, 4.69) is 24.0 Å². The van der Waals surface area contributed by atoms with E-state index in [-0.39, 0.29) is 0 Å². The highest BCUT2D eigenvalue weighted by molar-refractivity contribution is 7.99. The van der Waals surface area contributed by atoms with Gasteiger partial charge >= 0.3 is 0 Å². The van der Waals surface area contributed by atoms with Gasteiger partial charge in [-0.2, -0.15) is 11.8 Å². The average molecular weight is 188 g/mol. The molecule has 1 aliphatic rings. The molecule has 1 aliphatic heterocycles. The molecular weight excluding hydrogens is 168 g/mol. The van der Waals surface area contributed by atoms with E-state index in [9.17, 15) is 0 Å². The summed E-state index contributed by atoms with van der Waals surface area (Å²) in [5.41, 5.74) is 5.56. The molecule has 0 aliphatic carbocycles. The lowest BCUT2D eigenvalue weighted by Gasteiger charge is -2.23. The largest absolute Gasteiger partial charge is 0.330 e. The summed E-state index contributed by atoms with van der Waals surface area (Å²) in [6.45, 7) is 5.47. The van der Waals surface area contributed by atoms with E-state index in [1.165, 1.54) is 31.7 Å². The molecule has 0 amide bonds. The lowest BCUT2D eigenvalue weighted by molar-refractivity contribution is 0.530. The van der Waals surface area contributed by atoms with Crippen molar-refractivity contribution in [2.24, 2.45) is 11.7 Å². The number of hydrogen-bond acceptors (Lipinski definition) is 3. The monoisotopic (exact) mass is 188 g/mol. The Labute approximate surface area is 79.7 Å². The summed E-state index contributed by atoms with van der Waals surface area (Å²) in [6.07, 6.45) is 2.67. The first-order chi connectivity index (χ1) is 5.83. The van der Waals surface area contributed by atoms with Gasteiger partial charge in [0.1, 0.15) is 0 Å². The molecule has 3 heteroatoms. The van der Waals surface area contributed by atoms with E-state index in [1.54, 1.807) is 0 Å². The molecule has 72 valence electrons. The van der Waals surface area contributed by atoms with Gasteiger partial charge in [0.25, 0.3) is 0 Å². The smallest absolute Gasteiger partial charge is 0.00712 e. The summed E-state index contributed by atoms with van der Waals surface area (Å²) in [7, 11) is 0. The first-order valence-electron chi connectivity index (χ1n) is 4.85. The van der Waals surface area contributed by atoms with Crippen molar-refractivity contribution in [3.63, 3.8) is 0 Å². The summed E-state index contributed by atoms with van der Waals surface area (Å²) >= 11 is 2.11. The zero-order valence-electron chi connectivity index (χ0n) is 7.88. The van der Waals surface area contributed by atoms with Crippen molar-refractivity contribution in [3.8, 4) is 0 Å². The van der Waals surface area contributed by atoms with Crippen molar-refractivity contribution < 1.29 is 0 Å². The van der Waals surface area contributed by atoms with Crippen LogP contribution in [0.4, 0.5) is 0 Å². The number of nitrogens with one attached hydrogen (secondary N) is 1. The van der Waals surface area contributed by atoms with Crippen LogP contribution in [0.15, 0.2) is 0 Å². The molecule has 1 saturated heterocycles. The van der Waals surface area contributed by atoms with Gasteiger partial charge in [-0.25, -0.2) is 0 Å². The van der Waals surface area contributed by atoms with Crippen LogP contribution in [-0.2, 0) is 0 Å². The second-order valence-corrected chi connectivity index (χ2v) is 4.96. The van der Waals surface area contributed by atoms with Gasteiger partial charge in [-0.05, 0) is 44.1 Å². The molecule has 0 radical (unpaired) electrons. The fraction of sp³-hybridized carbons (Fsp3) is 1.00. The number of hydrogen-bond donors (Lipinski definition) is 2. The Morgan fingerprint density at radius 2 is 2.17 bits per heavy atom. The standard InChI is InChI=1S/C9H20N2S/c1-8(6-10)7-12-9-2-4-11-5-3-9/h8-9,11H,2-7,10H2,1H3. The van der Waals surface area contributed by atoms with Gasteiger partial charge < -0.3 is 11.1 Å². The van der Waals surface area contributed by atoms with Crippen molar-refractivity contribution in [2.75, 3.05) is 25.4 Å². The molecule has 1 heterocycles. The van der Waals surface area contributed by atoms with Gasteiger partial charge in [-0.15, -0.1) is 0 Å². The summed E-state index contributed by atoms with van der Waals surface area (Å²) < 4.78 is 0. The van der Waals surface area contributed by atoms with Gasteiger partial charge in [0, 0.05) is 5.25 Å². The topological polar surface area (TPSA) is 38.0 Å². The fourth-order valence-electron chi connectivity index (χ4n) is 1.33. The molecule has 1 fully saturated rings. The summed E-state index contributed by atoms with van der Waals surface area (Å²) in [5, 5.41) is 4.27. The molecule has 0 spiro atoms. The number of piperidine rings is 1. The summed E-state index contributed by atoms with van der Waals surface area (Å²) in [6, 6.07) is 0. The molecule has 0 aromatic heterocycles. The highest BCUT2D eigenvalue weighted by atomic mass is 32.2. The Kier molecular flexibility index (Phi) is 5.04. The molecule has 1 atom stereocenters. The van der Waals surface area contributed by atoms with E-state index < -0.39 is 0 Å². The lowest BCUT2D eigenvalue weighted by atomic mass is 10.2. The molecule has 2 nitrogen and oxygen atoms in total. The maximum atomic E-state index is 5.56. The molecule has 3 N–H and O–H groups in total. The highest BCUT2D eigenvalue weighted by Gasteiger charge is 2.13. The minimum Gasteiger partial charge on any atom is -0.330 e. The molecule has 1 unspecified atom stereocenters. The maximum Gasteiger partial charge on any atom is 0.00712 e. The fourth-order valence-corrected chi connectivity index (χ4v) is 2.64. The Bertz CT molecular complexity index is 113. The van der Waals surface area contributed by atoms with Crippen LogP contribution < -0.4 is 11.1 Å². The van der Waals surface area contributed by atoms with E-state index in [0.717, 1.165) is 11.8 Å². The third-order valence-corrected chi connectivity index (χ3v) is 4.01. The van der Waals surface area contributed by atoms with Gasteiger partial charge in [0.05, 0.1) is 0 Å². The van der Waals surface area contributed by atoms with E-state index >= 15 is 0 Å². The third kappa shape index (κ3) is 3.78. The maximum absolute atomic E-state index is 5.56. The molecule has 1 rings (SSSR count). The van der Waals surface area contributed by atoms with Crippen LogP contribution in [0, 0.1) is 5.92 Å². The summed E-state index contributed by atoms with van der Waals surface area (Å²) in [5.74, 6) is 1.92. The van der Waals surface area contributed by atoms with Crippen LogP contribution >= 0.6 is 11.8 Å². The van der Waals surface area contributed by atoms with E-state index in [0.29, 0.717) is 5.92 Å². The van der Waals surface area contributed by atoms with Crippen molar-refractivity contribution >= 4 is 11.8 Å². The second-order valence-electron chi connectivity index (χ2n) is 3.62. The Hall–Kier alpha value is 0.270. The average Bonchev–Trinajstić information content (AvgIpc) is 2.16. The van der Waals surface area contributed by atoms with Crippen molar-refractivity contribution in [1.82, 2.24) is 5.32 Å². The number of thioether (sulfide) groups is 1. The highest BCUT2D eigenvalue weighted by Crippen LogP contribution is 2.21. The van der Waals surface area contributed by atoms with Crippen molar-refractivity contribution in [2.45, 2.75) is 25.0 Å².